The van der Waals surface area contributed by atoms with Gasteiger partial charge in [-0.15, -0.1) is 18.3 Å². The summed E-state index contributed by atoms with van der Waals surface area (Å²) in [6.45, 7) is 8.97. The van der Waals surface area contributed by atoms with Crippen molar-refractivity contribution in [2.45, 2.75) is 54.9 Å². The quantitative estimate of drug-likeness (QED) is 0.123. The molecular formula is C27H29F4NO2S2. The third kappa shape index (κ3) is 4.54. The lowest BCUT2D eigenvalue weighted by molar-refractivity contribution is -0.271. The second-order valence-corrected chi connectivity index (χ2v) is 12.2. The van der Waals surface area contributed by atoms with Crippen LogP contribution in [0, 0.1) is 12.7 Å². The van der Waals surface area contributed by atoms with E-state index in [1.807, 2.05) is 19.1 Å². The van der Waals surface area contributed by atoms with Gasteiger partial charge < -0.3 is 14.8 Å². The third-order valence-electron chi connectivity index (χ3n) is 6.76. The summed E-state index contributed by atoms with van der Waals surface area (Å²) in [5.41, 5.74) is -2.06. The van der Waals surface area contributed by atoms with Crippen molar-refractivity contribution in [2.24, 2.45) is 0 Å². The first-order valence-corrected chi connectivity index (χ1v) is 13.0. The highest BCUT2D eigenvalue weighted by Crippen LogP contribution is 2.59. The SMILES string of the molecule is C=CCSC(S)(c1cc2cc(C)ccc2[nH]1)C(O)(CC(C)(C)c1cc(F)cc2c1OCC2)C(F)(F)F. The maximum absolute atomic E-state index is 15.0. The first-order valence-electron chi connectivity index (χ1n) is 11.5. The van der Waals surface area contributed by atoms with Gasteiger partial charge in [-0.3, -0.25) is 0 Å². The normalized spacial score (nSPS) is 17.4. The van der Waals surface area contributed by atoms with E-state index in [0.29, 0.717) is 35.2 Å². The summed E-state index contributed by atoms with van der Waals surface area (Å²) in [5, 5.41) is 12.4. The molecule has 2 heterocycles. The molecule has 9 heteroatoms. The van der Waals surface area contributed by atoms with Crippen LogP contribution in [0.4, 0.5) is 17.6 Å². The predicted octanol–water partition coefficient (Wildman–Crippen LogP) is 7.21. The van der Waals surface area contributed by atoms with Crippen LogP contribution in [-0.2, 0) is 15.9 Å². The molecule has 0 amide bonds. The number of aryl methyl sites for hydroxylation is 1. The Morgan fingerprint density at radius 2 is 1.92 bits per heavy atom. The molecule has 0 bridgehead atoms. The van der Waals surface area contributed by atoms with Crippen molar-refractivity contribution in [3.63, 3.8) is 0 Å². The van der Waals surface area contributed by atoms with Crippen LogP contribution >= 0.6 is 24.4 Å². The van der Waals surface area contributed by atoms with Gasteiger partial charge in [0.15, 0.2) is 5.60 Å². The van der Waals surface area contributed by atoms with Gasteiger partial charge in [0.25, 0.3) is 0 Å². The van der Waals surface area contributed by atoms with Crippen LogP contribution in [0.5, 0.6) is 5.75 Å². The highest BCUT2D eigenvalue weighted by molar-refractivity contribution is 8.11. The average molecular weight is 540 g/mol. The van der Waals surface area contributed by atoms with Crippen molar-refractivity contribution in [3.05, 3.63) is 77.3 Å². The van der Waals surface area contributed by atoms with E-state index in [9.17, 15) is 22.7 Å². The lowest BCUT2D eigenvalue weighted by Crippen LogP contribution is -2.59. The number of H-pyrrole nitrogens is 1. The summed E-state index contributed by atoms with van der Waals surface area (Å²) in [5.74, 6) is -0.0626. The fourth-order valence-corrected chi connectivity index (χ4v) is 6.55. The Morgan fingerprint density at radius 3 is 2.58 bits per heavy atom. The van der Waals surface area contributed by atoms with E-state index in [1.54, 1.807) is 26.0 Å². The minimum Gasteiger partial charge on any atom is -0.493 e. The van der Waals surface area contributed by atoms with Crippen LogP contribution in [0.2, 0.25) is 0 Å². The van der Waals surface area contributed by atoms with Gasteiger partial charge in [0.2, 0.25) is 0 Å². The van der Waals surface area contributed by atoms with Crippen LogP contribution in [0.25, 0.3) is 10.9 Å². The molecule has 2 N–H and O–H groups in total. The van der Waals surface area contributed by atoms with Crippen LogP contribution in [0.3, 0.4) is 0 Å². The number of aliphatic hydroxyl groups is 1. The molecule has 36 heavy (non-hydrogen) atoms. The molecule has 194 valence electrons. The second-order valence-electron chi connectivity index (χ2n) is 9.98. The van der Waals surface area contributed by atoms with Crippen molar-refractivity contribution >= 4 is 35.3 Å². The molecule has 2 atom stereocenters. The van der Waals surface area contributed by atoms with E-state index in [1.165, 1.54) is 18.2 Å². The molecule has 1 aliphatic heterocycles. The summed E-state index contributed by atoms with van der Waals surface area (Å²) >= 11 is 5.42. The Morgan fingerprint density at radius 1 is 1.19 bits per heavy atom. The second kappa shape index (κ2) is 9.33. The fraction of sp³-hybridized carbons (Fsp3) is 0.407. The molecule has 1 aliphatic rings. The van der Waals surface area contributed by atoms with Gasteiger partial charge in [-0.1, -0.05) is 31.6 Å². The van der Waals surface area contributed by atoms with E-state index in [-0.39, 0.29) is 17.0 Å². The maximum Gasteiger partial charge on any atom is 0.419 e. The monoisotopic (exact) mass is 539 g/mol. The average Bonchev–Trinajstić information content (AvgIpc) is 3.42. The largest absolute Gasteiger partial charge is 0.493 e. The zero-order valence-corrected chi connectivity index (χ0v) is 22.0. The molecular weight excluding hydrogens is 510 g/mol. The van der Waals surface area contributed by atoms with Crippen molar-refractivity contribution in [1.82, 2.24) is 4.98 Å². The molecule has 1 aromatic heterocycles. The Balaban J connectivity index is 1.88. The number of rotatable bonds is 8. The van der Waals surface area contributed by atoms with Crippen LogP contribution in [0.15, 0.2) is 49.1 Å². The molecule has 0 fully saturated rings. The summed E-state index contributed by atoms with van der Waals surface area (Å²) < 4.78 is 62.9. The number of thioether (sulfide) groups is 1. The van der Waals surface area contributed by atoms with E-state index < -0.39 is 33.5 Å². The lowest BCUT2D eigenvalue weighted by Gasteiger charge is -2.47. The minimum atomic E-state index is -5.08. The van der Waals surface area contributed by atoms with Gasteiger partial charge in [0, 0.05) is 34.5 Å². The van der Waals surface area contributed by atoms with E-state index in [4.69, 9.17) is 4.74 Å². The molecule has 0 aliphatic carbocycles. The van der Waals surface area contributed by atoms with Crippen molar-refractivity contribution < 1.29 is 27.4 Å². The molecule has 0 saturated heterocycles. The number of thiol groups is 1. The number of alkyl halides is 3. The summed E-state index contributed by atoms with van der Waals surface area (Å²) in [6, 6.07) is 9.62. The third-order valence-corrected chi connectivity index (χ3v) is 9.13. The van der Waals surface area contributed by atoms with Gasteiger partial charge in [0.05, 0.1) is 6.61 Å². The van der Waals surface area contributed by atoms with E-state index >= 15 is 0 Å². The number of fused-ring (bicyclic) bond motifs is 2. The number of hydrogen-bond donors (Lipinski definition) is 3. The highest BCUT2D eigenvalue weighted by atomic mass is 32.2. The first kappa shape index (κ1) is 26.9. The summed E-state index contributed by atoms with van der Waals surface area (Å²) in [7, 11) is 0. The predicted molar refractivity (Wildman–Crippen MR) is 141 cm³/mol. The molecule has 3 aromatic rings. The van der Waals surface area contributed by atoms with Gasteiger partial charge >= 0.3 is 6.18 Å². The number of hydrogen-bond acceptors (Lipinski definition) is 4. The number of halogens is 4. The maximum atomic E-state index is 15.0. The zero-order valence-electron chi connectivity index (χ0n) is 20.3. The van der Waals surface area contributed by atoms with Crippen molar-refractivity contribution in [2.75, 3.05) is 12.4 Å². The van der Waals surface area contributed by atoms with Crippen LogP contribution < -0.4 is 4.74 Å². The highest BCUT2D eigenvalue weighted by Gasteiger charge is 2.67. The summed E-state index contributed by atoms with van der Waals surface area (Å²) in [4.78, 5) is 3.05. The van der Waals surface area contributed by atoms with Gasteiger partial charge in [-0.2, -0.15) is 25.8 Å². The molecule has 0 saturated carbocycles. The molecule has 0 radical (unpaired) electrons. The minimum absolute atomic E-state index is 0.106. The van der Waals surface area contributed by atoms with Crippen molar-refractivity contribution in [3.8, 4) is 5.75 Å². The number of aromatic amines is 1. The standard InChI is InChI=1S/C27H29F4NO2S2/c1-5-10-36-26(35,22-13-18-11-16(2)6-7-21(18)32-22)25(33,27(29,30)31)15-24(3,4)20-14-19(28)12-17-8-9-34-23(17)20/h5-7,11-14,32-33,35H,1,8-10,15H2,2-4H3. The summed E-state index contributed by atoms with van der Waals surface area (Å²) in [6.07, 6.45) is -3.92. The van der Waals surface area contributed by atoms with Gasteiger partial charge in [-0.05, 0) is 54.5 Å². The molecule has 3 nitrogen and oxygen atoms in total. The number of benzene rings is 2. The van der Waals surface area contributed by atoms with Gasteiger partial charge in [-0.25, -0.2) is 4.39 Å². The Hall–Kier alpha value is -2.10. The van der Waals surface area contributed by atoms with Crippen molar-refractivity contribution in [1.29, 1.82) is 0 Å². The van der Waals surface area contributed by atoms with E-state index in [0.717, 1.165) is 17.3 Å². The Kier molecular flexibility index (Phi) is 6.98. The number of nitrogens with one attached hydrogen (secondary N) is 1. The smallest absolute Gasteiger partial charge is 0.419 e. The molecule has 4 rings (SSSR count). The number of ether oxygens (including phenoxy) is 1. The van der Waals surface area contributed by atoms with Crippen LogP contribution in [0.1, 0.15) is 42.7 Å². The molecule has 2 aromatic carbocycles. The van der Waals surface area contributed by atoms with Gasteiger partial charge in [0.1, 0.15) is 15.6 Å². The van der Waals surface area contributed by atoms with Crippen LogP contribution in [-0.4, -0.2) is 34.2 Å². The Bertz CT molecular complexity index is 1300. The zero-order chi connectivity index (χ0) is 26.5. The molecule has 2 unspecified atom stereocenters. The molecule has 0 spiro atoms. The topological polar surface area (TPSA) is 45.2 Å². The van der Waals surface area contributed by atoms with E-state index in [2.05, 4.69) is 24.2 Å². The Labute approximate surface area is 217 Å². The fourth-order valence-electron chi connectivity index (χ4n) is 4.95. The number of aromatic nitrogens is 1. The lowest BCUT2D eigenvalue weighted by atomic mass is 9.72. The first-order chi connectivity index (χ1) is 16.7.